The molecule has 0 aromatic heterocycles. The molecule has 5 nitrogen and oxygen atoms in total. The number of Topliss-reactive ketones (excluding diaryl/α,β-unsaturated/α-hetero) is 1. The van der Waals surface area contributed by atoms with Crippen LogP contribution >= 0.6 is 0 Å². The Hall–Kier alpha value is -2.43. The monoisotopic (exact) mass is 453 g/mol. The first-order chi connectivity index (χ1) is 15.9. The molecule has 0 bridgehead atoms. The van der Waals surface area contributed by atoms with Gasteiger partial charge in [-0.15, -0.1) is 0 Å². The normalized spacial score (nSPS) is 24.4. The molecule has 33 heavy (non-hydrogen) atoms. The Labute approximate surface area is 198 Å². The van der Waals surface area contributed by atoms with Crippen molar-refractivity contribution in [2.24, 2.45) is 17.8 Å². The number of ether oxygens (including phenoxy) is 1. The molecule has 1 fully saturated rings. The number of rotatable bonds is 8. The van der Waals surface area contributed by atoms with Gasteiger partial charge in [0, 0.05) is 18.5 Å². The second-order valence-electron chi connectivity index (χ2n) is 9.99. The molecular weight excluding hydrogens is 414 g/mol. The number of likely N-dealkylation sites (tertiary alicyclic amines) is 1. The van der Waals surface area contributed by atoms with Crippen LogP contribution < -0.4 is 0 Å². The first-order valence-electron chi connectivity index (χ1n) is 12.6. The standard InChI is InChI=1S/C28H39NO4/c1-20(2)19-33-27(31)17-15-25(22-10-6-4-7-11-22)28(32)29-18-24(21(3)30)14-16-26(29)23-12-8-5-9-13-23/h5,8,10,12,15,17,20,24-26H,4,6-7,9,11,13-14,16,18-19H2,1-3H3/b17-15+/t24-,25?,26-/m1/s1. The van der Waals surface area contributed by atoms with E-state index in [0.29, 0.717) is 13.2 Å². The van der Waals surface area contributed by atoms with E-state index >= 15 is 0 Å². The van der Waals surface area contributed by atoms with Crippen LogP contribution in [0.2, 0.25) is 0 Å². The predicted octanol–water partition coefficient (Wildman–Crippen LogP) is 5.33. The summed E-state index contributed by atoms with van der Waals surface area (Å²) in [4.78, 5) is 40.4. The van der Waals surface area contributed by atoms with Gasteiger partial charge in [0.05, 0.1) is 18.6 Å². The lowest BCUT2D eigenvalue weighted by atomic mass is 9.82. The molecule has 1 saturated heterocycles. The molecule has 0 aromatic carbocycles. The molecule has 1 amide bonds. The van der Waals surface area contributed by atoms with Crippen LogP contribution in [-0.4, -0.2) is 41.8 Å². The van der Waals surface area contributed by atoms with Gasteiger partial charge in [0.2, 0.25) is 5.91 Å². The summed E-state index contributed by atoms with van der Waals surface area (Å²) in [7, 11) is 0. The molecular formula is C28H39NO4. The molecule has 3 rings (SSSR count). The van der Waals surface area contributed by atoms with E-state index in [9.17, 15) is 14.4 Å². The number of esters is 1. The lowest BCUT2D eigenvalue weighted by molar-refractivity contribution is -0.138. The Bertz CT molecular complexity index is 848. The molecule has 0 spiro atoms. The second kappa shape index (κ2) is 12.2. The van der Waals surface area contributed by atoms with E-state index in [2.05, 4.69) is 24.3 Å². The fourth-order valence-electron chi connectivity index (χ4n) is 4.99. The van der Waals surface area contributed by atoms with Gasteiger partial charge in [-0.05, 0) is 69.8 Å². The van der Waals surface area contributed by atoms with E-state index in [4.69, 9.17) is 4.74 Å². The van der Waals surface area contributed by atoms with E-state index < -0.39 is 11.9 Å². The van der Waals surface area contributed by atoms with E-state index in [-0.39, 0.29) is 29.6 Å². The van der Waals surface area contributed by atoms with Crippen molar-refractivity contribution < 1.29 is 19.1 Å². The van der Waals surface area contributed by atoms with Crippen LogP contribution in [0.15, 0.2) is 47.6 Å². The number of amides is 1. The fraction of sp³-hybridized carbons (Fsp3) is 0.607. The maximum Gasteiger partial charge on any atom is 0.330 e. The first kappa shape index (κ1) is 25.2. The van der Waals surface area contributed by atoms with Gasteiger partial charge >= 0.3 is 5.97 Å². The van der Waals surface area contributed by atoms with Crippen molar-refractivity contribution in [3.63, 3.8) is 0 Å². The lowest BCUT2D eigenvalue weighted by Gasteiger charge is -2.42. The van der Waals surface area contributed by atoms with Gasteiger partial charge in [0.25, 0.3) is 0 Å². The smallest absolute Gasteiger partial charge is 0.330 e. The molecule has 180 valence electrons. The van der Waals surface area contributed by atoms with Gasteiger partial charge in [0.15, 0.2) is 0 Å². The Morgan fingerprint density at radius 3 is 2.61 bits per heavy atom. The Balaban J connectivity index is 1.87. The summed E-state index contributed by atoms with van der Waals surface area (Å²) in [5.41, 5.74) is 2.35. The number of nitrogens with zero attached hydrogens (tertiary/aromatic N) is 1. The maximum atomic E-state index is 14.0. The van der Waals surface area contributed by atoms with Crippen LogP contribution in [0.3, 0.4) is 0 Å². The van der Waals surface area contributed by atoms with E-state index in [0.717, 1.165) is 56.9 Å². The number of allylic oxidation sites excluding steroid dienone is 4. The highest BCUT2D eigenvalue weighted by Crippen LogP contribution is 2.34. The number of carbonyl (C=O) groups excluding carboxylic acids is 3. The van der Waals surface area contributed by atoms with Crippen molar-refractivity contribution in [1.29, 1.82) is 0 Å². The number of hydrogen-bond donors (Lipinski definition) is 0. The number of hydrogen-bond acceptors (Lipinski definition) is 4. The van der Waals surface area contributed by atoms with E-state index in [1.165, 1.54) is 11.6 Å². The third kappa shape index (κ3) is 7.02. The summed E-state index contributed by atoms with van der Waals surface area (Å²) in [6.45, 7) is 6.43. The van der Waals surface area contributed by atoms with Crippen molar-refractivity contribution in [3.05, 3.63) is 47.6 Å². The number of carbonyl (C=O) groups is 3. The first-order valence-corrected chi connectivity index (χ1v) is 12.6. The zero-order valence-electron chi connectivity index (χ0n) is 20.4. The molecule has 0 radical (unpaired) electrons. The molecule has 5 heteroatoms. The summed E-state index contributed by atoms with van der Waals surface area (Å²) < 4.78 is 5.30. The van der Waals surface area contributed by atoms with Gasteiger partial charge < -0.3 is 9.64 Å². The van der Waals surface area contributed by atoms with Crippen LogP contribution in [-0.2, 0) is 19.1 Å². The molecule has 3 aliphatic rings. The Morgan fingerprint density at radius 1 is 1.15 bits per heavy atom. The van der Waals surface area contributed by atoms with Crippen LogP contribution in [0.4, 0.5) is 0 Å². The van der Waals surface area contributed by atoms with Gasteiger partial charge in [-0.25, -0.2) is 4.79 Å². The van der Waals surface area contributed by atoms with Gasteiger partial charge in [-0.2, -0.15) is 0 Å². The summed E-state index contributed by atoms with van der Waals surface area (Å²) in [5, 5.41) is 0. The SMILES string of the molecule is CC(=O)[C@@H]1CC[C@H](C2=CC=CCC2)N(C(=O)C(/C=C/C(=O)OCC(C)C)C2=CCCCC2)C1. The summed E-state index contributed by atoms with van der Waals surface area (Å²) in [6.07, 6.45) is 19.2. The van der Waals surface area contributed by atoms with E-state index in [1.54, 1.807) is 13.0 Å². The fourth-order valence-corrected chi connectivity index (χ4v) is 4.99. The van der Waals surface area contributed by atoms with Crippen LogP contribution in [0, 0.1) is 17.8 Å². The summed E-state index contributed by atoms with van der Waals surface area (Å²) in [6, 6.07) is 0.0195. The minimum absolute atomic E-state index is 0.00228. The Morgan fingerprint density at radius 2 is 1.97 bits per heavy atom. The predicted molar refractivity (Wildman–Crippen MR) is 130 cm³/mol. The minimum Gasteiger partial charge on any atom is -0.462 e. The molecule has 0 N–H and O–H groups in total. The van der Waals surface area contributed by atoms with Crippen LogP contribution in [0.5, 0.6) is 0 Å². The van der Waals surface area contributed by atoms with E-state index in [1.807, 2.05) is 18.7 Å². The molecule has 3 atom stereocenters. The van der Waals surface area contributed by atoms with Crippen molar-refractivity contribution in [2.75, 3.05) is 13.2 Å². The van der Waals surface area contributed by atoms with Crippen molar-refractivity contribution >= 4 is 17.7 Å². The topological polar surface area (TPSA) is 63.7 Å². The van der Waals surface area contributed by atoms with Crippen LogP contribution in [0.1, 0.15) is 72.1 Å². The highest BCUT2D eigenvalue weighted by atomic mass is 16.5. The number of piperidine rings is 1. The molecule has 0 saturated carbocycles. The Kier molecular flexibility index (Phi) is 9.28. The average molecular weight is 454 g/mol. The molecule has 2 aliphatic carbocycles. The second-order valence-corrected chi connectivity index (χ2v) is 9.99. The van der Waals surface area contributed by atoms with Crippen LogP contribution in [0.25, 0.3) is 0 Å². The zero-order valence-corrected chi connectivity index (χ0v) is 20.4. The number of ketones is 1. The average Bonchev–Trinajstić information content (AvgIpc) is 2.83. The largest absolute Gasteiger partial charge is 0.462 e. The molecule has 0 aromatic rings. The highest BCUT2D eigenvalue weighted by molar-refractivity contribution is 5.88. The summed E-state index contributed by atoms with van der Waals surface area (Å²) >= 11 is 0. The molecule has 1 heterocycles. The van der Waals surface area contributed by atoms with Crippen molar-refractivity contribution in [3.8, 4) is 0 Å². The maximum absolute atomic E-state index is 14.0. The van der Waals surface area contributed by atoms with Crippen molar-refractivity contribution in [1.82, 2.24) is 4.90 Å². The third-order valence-electron chi connectivity index (χ3n) is 6.89. The zero-order chi connectivity index (χ0) is 23.8. The third-order valence-corrected chi connectivity index (χ3v) is 6.89. The van der Waals surface area contributed by atoms with Crippen molar-refractivity contribution in [2.45, 2.75) is 78.2 Å². The quantitative estimate of drug-likeness (QED) is 0.283. The van der Waals surface area contributed by atoms with Gasteiger partial charge in [0.1, 0.15) is 5.78 Å². The van der Waals surface area contributed by atoms with Gasteiger partial charge in [-0.3, -0.25) is 9.59 Å². The highest BCUT2D eigenvalue weighted by Gasteiger charge is 2.38. The minimum atomic E-state index is -0.482. The summed E-state index contributed by atoms with van der Waals surface area (Å²) in [5.74, 6) is -0.602. The molecule has 1 aliphatic heterocycles. The van der Waals surface area contributed by atoms with Gasteiger partial charge in [-0.1, -0.05) is 49.8 Å². The molecule has 1 unspecified atom stereocenters. The lowest BCUT2D eigenvalue weighted by Crippen LogP contribution is -2.51.